The van der Waals surface area contributed by atoms with Crippen LogP contribution in [0.3, 0.4) is 0 Å². The molecule has 30 heavy (non-hydrogen) atoms. The SMILES string of the molecule is COc1cccc(-c2nn(CC(=O)Nc3ccc(C)cc3)c(=O)c3noc(C)c23)c1. The predicted molar refractivity (Wildman–Crippen MR) is 113 cm³/mol. The van der Waals surface area contributed by atoms with E-state index in [2.05, 4.69) is 15.6 Å². The average molecular weight is 404 g/mol. The van der Waals surface area contributed by atoms with E-state index in [0.717, 1.165) is 15.8 Å². The quantitative estimate of drug-likeness (QED) is 0.548. The van der Waals surface area contributed by atoms with Crippen LogP contribution in [0.5, 0.6) is 5.75 Å². The fraction of sp³-hybridized carbons (Fsp3) is 0.182. The van der Waals surface area contributed by atoms with Gasteiger partial charge in [-0.25, -0.2) is 4.68 Å². The minimum atomic E-state index is -0.493. The van der Waals surface area contributed by atoms with Crippen molar-refractivity contribution in [1.29, 1.82) is 0 Å². The number of hydrogen-bond acceptors (Lipinski definition) is 6. The Morgan fingerprint density at radius 2 is 1.93 bits per heavy atom. The topological polar surface area (TPSA) is 99.2 Å². The summed E-state index contributed by atoms with van der Waals surface area (Å²) < 4.78 is 11.6. The van der Waals surface area contributed by atoms with Crippen LogP contribution in [-0.4, -0.2) is 28.0 Å². The second kappa shape index (κ2) is 7.82. The van der Waals surface area contributed by atoms with Crippen molar-refractivity contribution in [2.45, 2.75) is 20.4 Å². The molecule has 4 rings (SSSR count). The molecule has 0 saturated heterocycles. The van der Waals surface area contributed by atoms with Crippen molar-refractivity contribution in [2.75, 3.05) is 12.4 Å². The molecule has 8 heteroatoms. The zero-order valence-corrected chi connectivity index (χ0v) is 16.8. The molecule has 1 amide bonds. The lowest BCUT2D eigenvalue weighted by atomic mass is 10.1. The lowest BCUT2D eigenvalue weighted by Crippen LogP contribution is -2.30. The van der Waals surface area contributed by atoms with Crippen LogP contribution in [0.25, 0.3) is 22.2 Å². The Hall–Kier alpha value is -3.94. The number of methoxy groups -OCH3 is 1. The molecule has 1 N–H and O–H groups in total. The number of fused-ring (bicyclic) bond motifs is 1. The van der Waals surface area contributed by atoms with Gasteiger partial charge < -0.3 is 14.6 Å². The molecule has 0 aliphatic heterocycles. The summed E-state index contributed by atoms with van der Waals surface area (Å²) in [7, 11) is 1.57. The first-order valence-corrected chi connectivity index (χ1v) is 9.34. The molecule has 2 heterocycles. The Morgan fingerprint density at radius 1 is 1.17 bits per heavy atom. The van der Waals surface area contributed by atoms with Crippen LogP contribution in [0.1, 0.15) is 11.3 Å². The van der Waals surface area contributed by atoms with E-state index in [1.165, 1.54) is 0 Å². The summed E-state index contributed by atoms with van der Waals surface area (Å²) in [5, 5.41) is 11.6. The van der Waals surface area contributed by atoms with E-state index in [0.29, 0.717) is 28.3 Å². The number of carbonyl (C=O) groups excluding carboxylic acids is 1. The summed E-state index contributed by atoms with van der Waals surface area (Å²) in [6.45, 7) is 3.42. The number of nitrogens with zero attached hydrogens (tertiary/aromatic N) is 3. The van der Waals surface area contributed by atoms with Crippen molar-refractivity contribution in [3.8, 4) is 17.0 Å². The molecule has 0 unspecified atom stereocenters. The van der Waals surface area contributed by atoms with Gasteiger partial charge in [0.15, 0.2) is 5.52 Å². The van der Waals surface area contributed by atoms with Crippen molar-refractivity contribution in [2.24, 2.45) is 0 Å². The smallest absolute Gasteiger partial charge is 0.297 e. The molecule has 0 fully saturated rings. The Labute approximate surface area is 172 Å². The number of amides is 1. The first kappa shape index (κ1) is 19.4. The molecule has 2 aromatic heterocycles. The molecule has 0 aliphatic carbocycles. The van der Waals surface area contributed by atoms with Gasteiger partial charge in [-0.05, 0) is 38.1 Å². The van der Waals surface area contributed by atoms with E-state index < -0.39 is 5.56 Å². The van der Waals surface area contributed by atoms with Crippen molar-refractivity contribution >= 4 is 22.5 Å². The van der Waals surface area contributed by atoms with E-state index in [1.807, 2.05) is 37.3 Å². The number of hydrogen-bond donors (Lipinski definition) is 1. The van der Waals surface area contributed by atoms with Gasteiger partial charge in [0.05, 0.1) is 12.5 Å². The van der Waals surface area contributed by atoms with Crippen molar-refractivity contribution < 1.29 is 14.1 Å². The third-order valence-electron chi connectivity index (χ3n) is 4.73. The number of rotatable bonds is 5. The molecule has 0 spiro atoms. The highest BCUT2D eigenvalue weighted by Gasteiger charge is 2.20. The number of aryl methyl sites for hydroxylation is 2. The molecule has 0 radical (unpaired) electrons. The van der Waals surface area contributed by atoms with Crippen LogP contribution in [0.15, 0.2) is 57.8 Å². The van der Waals surface area contributed by atoms with Gasteiger partial charge in [0.25, 0.3) is 5.56 Å². The maximum atomic E-state index is 12.9. The van der Waals surface area contributed by atoms with Crippen molar-refractivity contribution in [3.63, 3.8) is 0 Å². The van der Waals surface area contributed by atoms with E-state index in [1.54, 1.807) is 32.2 Å². The second-order valence-corrected chi connectivity index (χ2v) is 6.92. The van der Waals surface area contributed by atoms with Crippen LogP contribution in [0, 0.1) is 13.8 Å². The Kier molecular flexibility index (Phi) is 5.05. The Morgan fingerprint density at radius 3 is 2.67 bits per heavy atom. The van der Waals surface area contributed by atoms with E-state index >= 15 is 0 Å². The molecule has 0 atom stereocenters. The molecule has 0 saturated carbocycles. The molecular formula is C22H20N4O4. The van der Waals surface area contributed by atoms with Crippen LogP contribution < -0.4 is 15.6 Å². The highest BCUT2D eigenvalue weighted by Crippen LogP contribution is 2.29. The second-order valence-electron chi connectivity index (χ2n) is 6.92. The summed E-state index contributed by atoms with van der Waals surface area (Å²) in [6.07, 6.45) is 0. The van der Waals surface area contributed by atoms with E-state index in [-0.39, 0.29) is 18.0 Å². The van der Waals surface area contributed by atoms with Gasteiger partial charge in [0.2, 0.25) is 5.91 Å². The molecular weight excluding hydrogens is 384 g/mol. The molecule has 8 nitrogen and oxygen atoms in total. The Bertz CT molecular complexity index is 1290. The minimum Gasteiger partial charge on any atom is -0.497 e. The lowest BCUT2D eigenvalue weighted by molar-refractivity contribution is -0.117. The van der Waals surface area contributed by atoms with Gasteiger partial charge in [-0.3, -0.25) is 9.59 Å². The van der Waals surface area contributed by atoms with Crippen molar-refractivity contribution in [3.05, 3.63) is 70.2 Å². The Balaban J connectivity index is 1.75. The summed E-state index contributed by atoms with van der Waals surface area (Å²) in [5.74, 6) is 0.750. The largest absolute Gasteiger partial charge is 0.497 e. The number of aromatic nitrogens is 3. The van der Waals surface area contributed by atoms with Gasteiger partial charge in [0, 0.05) is 11.3 Å². The summed E-state index contributed by atoms with van der Waals surface area (Å²) in [4.78, 5) is 25.4. The van der Waals surface area contributed by atoms with E-state index in [4.69, 9.17) is 9.26 Å². The van der Waals surface area contributed by atoms with Crippen LogP contribution in [0.2, 0.25) is 0 Å². The van der Waals surface area contributed by atoms with Gasteiger partial charge in [-0.2, -0.15) is 5.10 Å². The minimum absolute atomic E-state index is 0.128. The third kappa shape index (κ3) is 3.67. The highest BCUT2D eigenvalue weighted by molar-refractivity contribution is 5.94. The normalized spacial score (nSPS) is 10.9. The molecule has 2 aromatic carbocycles. The summed E-state index contributed by atoms with van der Waals surface area (Å²) in [5.41, 5.74) is 2.57. The fourth-order valence-electron chi connectivity index (χ4n) is 3.19. The number of benzene rings is 2. The summed E-state index contributed by atoms with van der Waals surface area (Å²) >= 11 is 0. The monoisotopic (exact) mass is 404 g/mol. The van der Waals surface area contributed by atoms with Gasteiger partial charge in [-0.15, -0.1) is 0 Å². The third-order valence-corrected chi connectivity index (χ3v) is 4.73. The van der Waals surface area contributed by atoms with E-state index in [9.17, 15) is 9.59 Å². The van der Waals surface area contributed by atoms with Gasteiger partial charge >= 0.3 is 0 Å². The predicted octanol–water partition coefficient (Wildman–Crippen LogP) is 3.32. The molecule has 152 valence electrons. The molecule has 0 aliphatic rings. The number of carbonyl (C=O) groups is 1. The van der Waals surface area contributed by atoms with Crippen molar-refractivity contribution in [1.82, 2.24) is 14.9 Å². The van der Waals surface area contributed by atoms with Gasteiger partial charge in [0.1, 0.15) is 23.7 Å². The first-order chi connectivity index (χ1) is 14.5. The number of nitrogens with one attached hydrogen (secondary N) is 1. The molecule has 0 bridgehead atoms. The maximum Gasteiger partial charge on any atom is 0.297 e. The highest BCUT2D eigenvalue weighted by atomic mass is 16.5. The zero-order valence-electron chi connectivity index (χ0n) is 16.8. The summed E-state index contributed by atoms with van der Waals surface area (Å²) in [6, 6.07) is 14.7. The number of ether oxygens (including phenoxy) is 1. The lowest BCUT2D eigenvalue weighted by Gasteiger charge is -2.10. The van der Waals surface area contributed by atoms with Crippen LogP contribution >= 0.6 is 0 Å². The van der Waals surface area contributed by atoms with Crippen LogP contribution in [-0.2, 0) is 11.3 Å². The van der Waals surface area contributed by atoms with Gasteiger partial charge in [-0.1, -0.05) is 35.0 Å². The standard InChI is InChI=1S/C22H20N4O4/c1-13-7-9-16(10-8-13)23-18(27)12-26-22(28)21-19(14(2)30-25-21)20(24-26)15-5-4-6-17(11-15)29-3/h4-11H,12H2,1-3H3,(H,23,27). The van der Waals surface area contributed by atoms with Crippen LogP contribution in [0.4, 0.5) is 5.69 Å². The maximum absolute atomic E-state index is 12.9. The fourth-order valence-corrected chi connectivity index (χ4v) is 3.19. The molecule has 4 aromatic rings. The average Bonchev–Trinajstić information content (AvgIpc) is 3.14. The number of anilines is 1. The zero-order chi connectivity index (χ0) is 21.3. The first-order valence-electron chi connectivity index (χ1n) is 9.34.